The Kier molecular flexibility index (Phi) is 3.50. The van der Waals surface area contributed by atoms with Gasteiger partial charge in [0.25, 0.3) is 0 Å². The van der Waals surface area contributed by atoms with Crippen LogP contribution in [0.25, 0.3) is 0 Å². The highest BCUT2D eigenvalue weighted by molar-refractivity contribution is 5.80. The number of carboxylic acid groups (broad SMARTS) is 1. The summed E-state index contributed by atoms with van der Waals surface area (Å²) < 4.78 is 0. The number of hydrogen-bond donors (Lipinski definition) is 1. The summed E-state index contributed by atoms with van der Waals surface area (Å²) in [6.45, 7) is 8.07. The Bertz CT molecular complexity index is 276. The highest BCUT2D eigenvalue weighted by Crippen LogP contribution is 2.36. The lowest BCUT2D eigenvalue weighted by Crippen LogP contribution is -2.16. The zero-order valence-corrected chi connectivity index (χ0v) is 8.92. The zero-order valence-electron chi connectivity index (χ0n) is 8.92. The van der Waals surface area contributed by atoms with Crippen LogP contribution in [0, 0.1) is 11.8 Å². The van der Waals surface area contributed by atoms with Crippen LogP contribution in [-0.2, 0) is 4.79 Å². The Hall–Kier alpha value is -1.05. The van der Waals surface area contributed by atoms with E-state index in [0.29, 0.717) is 11.8 Å². The van der Waals surface area contributed by atoms with E-state index in [9.17, 15) is 4.79 Å². The number of hydrogen-bond acceptors (Lipinski definition) is 1. The molecule has 0 aromatic rings. The number of allylic oxidation sites excluding steroid dienone is 2. The van der Waals surface area contributed by atoms with Gasteiger partial charge < -0.3 is 5.11 Å². The molecule has 0 aromatic heterocycles. The van der Waals surface area contributed by atoms with Gasteiger partial charge in [-0.05, 0) is 38.0 Å². The van der Waals surface area contributed by atoms with Gasteiger partial charge in [0.05, 0.1) is 0 Å². The smallest absolute Gasteiger partial charge is 0.328 e. The van der Waals surface area contributed by atoms with Gasteiger partial charge in [0, 0.05) is 6.08 Å². The highest BCUT2D eigenvalue weighted by atomic mass is 16.4. The summed E-state index contributed by atoms with van der Waals surface area (Å²) in [5.41, 5.74) is 2.24. The largest absolute Gasteiger partial charge is 0.478 e. The standard InChI is InChI=1S/C12H18O2/c1-8(2)10-5-4-9(3)11(6-10)7-12(13)14/h7,9-10H,1,4-6H2,2-3H3,(H,13,14). The van der Waals surface area contributed by atoms with E-state index in [1.807, 2.05) is 6.92 Å². The molecule has 14 heavy (non-hydrogen) atoms. The van der Waals surface area contributed by atoms with E-state index in [1.165, 1.54) is 11.6 Å². The first kappa shape index (κ1) is 11.0. The molecule has 2 heteroatoms. The molecule has 1 rings (SSSR count). The van der Waals surface area contributed by atoms with E-state index >= 15 is 0 Å². The van der Waals surface area contributed by atoms with Crippen molar-refractivity contribution in [1.29, 1.82) is 0 Å². The molecule has 0 spiro atoms. The van der Waals surface area contributed by atoms with E-state index < -0.39 is 5.97 Å². The number of rotatable bonds is 2. The highest BCUT2D eigenvalue weighted by Gasteiger charge is 2.23. The lowest BCUT2D eigenvalue weighted by atomic mass is 9.76. The van der Waals surface area contributed by atoms with Gasteiger partial charge in [-0.1, -0.05) is 24.6 Å². The molecule has 2 atom stereocenters. The fourth-order valence-electron chi connectivity index (χ4n) is 2.00. The first-order valence-corrected chi connectivity index (χ1v) is 5.09. The second-order valence-electron chi connectivity index (χ2n) is 4.28. The van der Waals surface area contributed by atoms with Crippen molar-refractivity contribution in [3.05, 3.63) is 23.8 Å². The van der Waals surface area contributed by atoms with E-state index in [0.717, 1.165) is 24.8 Å². The molecule has 2 unspecified atom stereocenters. The van der Waals surface area contributed by atoms with Gasteiger partial charge in [-0.3, -0.25) is 0 Å². The predicted octanol–water partition coefficient (Wildman–Crippen LogP) is 3.01. The Balaban J connectivity index is 2.74. The van der Waals surface area contributed by atoms with Crippen molar-refractivity contribution in [1.82, 2.24) is 0 Å². The molecule has 2 nitrogen and oxygen atoms in total. The minimum Gasteiger partial charge on any atom is -0.478 e. The molecule has 1 fully saturated rings. The van der Waals surface area contributed by atoms with E-state index in [2.05, 4.69) is 13.5 Å². The first-order valence-electron chi connectivity index (χ1n) is 5.09. The maximum atomic E-state index is 10.6. The second-order valence-corrected chi connectivity index (χ2v) is 4.28. The molecule has 0 aromatic carbocycles. The lowest BCUT2D eigenvalue weighted by molar-refractivity contribution is -0.131. The van der Waals surface area contributed by atoms with Crippen LogP contribution in [0.1, 0.15) is 33.1 Å². The van der Waals surface area contributed by atoms with E-state index in [1.54, 1.807) is 0 Å². The fraction of sp³-hybridized carbons (Fsp3) is 0.583. The van der Waals surface area contributed by atoms with E-state index in [-0.39, 0.29) is 0 Å². The van der Waals surface area contributed by atoms with Crippen molar-refractivity contribution in [2.75, 3.05) is 0 Å². The Morgan fingerprint density at radius 2 is 2.21 bits per heavy atom. The van der Waals surface area contributed by atoms with Gasteiger partial charge in [0.15, 0.2) is 0 Å². The average molecular weight is 194 g/mol. The predicted molar refractivity (Wildman–Crippen MR) is 57.0 cm³/mol. The molecule has 0 bridgehead atoms. The Morgan fingerprint density at radius 3 is 2.71 bits per heavy atom. The maximum Gasteiger partial charge on any atom is 0.328 e. The minimum absolute atomic E-state index is 0.418. The van der Waals surface area contributed by atoms with Gasteiger partial charge in [-0.25, -0.2) is 4.79 Å². The van der Waals surface area contributed by atoms with Crippen molar-refractivity contribution in [2.24, 2.45) is 11.8 Å². The van der Waals surface area contributed by atoms with Crippen molar-refractivity contribution >= 4 is 5.97 Å². The van der Waals surface area contributed by atoms with Crippen LogP contribution in [0.5, 0.6) is 0 Å². The van der Waals surface area contributed by atoms with Gasteiger partial charge in [0.2, 0.25) is 0 Å². The average Bonchev–Trinajstić information content (AvgIpc) is 2.07. The summed E-state index contributed by atoms with van der Waals surface area (Å²) in [6, 6.07) is 0. The van der Waals surface area contributed by atoms with Gasteiger partial charge in [-0.2, -0.15) is 0 Å². The van der Waals surface area contributed by atoms with Crippen molar-refractivity contribution in [2.45, 2.75) is 33.1 Å². The zero-order chi connectivity index (χ0) is 10.7. The molecule has 0 saturated heterocycles. The monoisotopic (exact) mass is 194 g/mol. The van der Waals surface area contributed by atoms with Gasteiger partial charge in [0.1, 0.15) is 0 Å². The summed E-state index contributed by atoms with van der Waals surface area (Å²) >= 11 is 0. The van der Waals surface area contributed by atoms with Crippen LogP contribution in [0.4, 0.5) is 0 Å². The Labute approximate surface area is 85.3 Å². The van der Waals surface area contributed by atoms with Crippen LogP contribution in [0.3, 0.4) is 0 Å². The molecular formula is C12H18O2. The summed E-state index contributed by atoms with van der Waals surface area (Å²) in [6.07, 6.45) is 4.48. The minimum atomic E-state index is -0.825. The summed E-state index contributed by atoms with van der Waals surface area (Å²) in [5, 5.41) is 8.71. The van der Waals surface area contributed by atoms with Crippen molar-refractivity contribution < 1.29 is 9.90 Å². The van der Waals surface area contributed by atoms with E-state index in [4.69, 9.17) is 5.11 Å². The second kappa shape index (κ2) is 4.45. The topological polar surface area (TPSA) is 37.3 Å². The van der Waals surface area contributed by atoms with Gasteiger partial charge in [-0.15, -0.1) is 0 Å². The lowest BCUT2D eigenvalue weighted by Gasteiger charge is -2.29. The summed E-state index contributed by atoms with van der Waals surface area (Å²) in [5.74, 6) is 0.0766. The maximum absolute atomic E-state index is 10.6. The summed E-state index contributed by atoms with van der Waals surface area (Å²) in [7, 11) is 0. The number of aliphatic carboxylic acids is 1. The SMILES string of the molecule is C=C(C)C1CCC(C)C(=CC(=O)O)C1. The number of carbonyl (C=O) groups is 1. The van der Waals surface area contributed by atoms with Crippen LogP contribution in [0.15, 0.2) is 23.8 Å². The summed E-state index contributed by atoms with van der Waals surface area (Å²) in [4.78, 5) is 10.6. The third-order valence-corrected chi connectivity index (χ3v) is 3.07. The molecule has 0 aliphatic heterocycles. The van der Waals surface area contributed by atoms with Crippen molar-refractivity contribution in [3.8, 4) is 0 Å². The quantitative estimate of drug-likeness (QED) is 0.542. The van der Waals surface area contributed by atoms with Crippen LogP contribution in [0.2, 0.25) is 0 Å². The number of carboxylic acids is 1. The molecule has 1 aliphatic rings. The van der Waals surface area contributed by atoms with Crippen LogP contribution >= 0.6 is 0 Å². The van der Waals surface area contributed by atoms with Gasteiger partial charge >= 0.3 is 5.97 Å². The first-order chi connectivity index (χ1) is 6.50. The third kappa shape index (κ3) is 2.72. The Morgan fingerprint density at radius 1 is 1.57 bits per heavy atom. The molecule has 78 valence electrons. The molecule has 0 amide bonds. The molecule has 0 radical (unpaired) electrons. The fourth-order valence-corrected chi connectivity index (χ4v) is 2.00. The molecule has 0 heterocycles. The van der Waals surface area contributed by atoms with Crippen LogP contribution in [-0.4, -0.2) is 11.1 Å². The third-order valence-electron chi connectivity index (χ3n) is 3.07. The molecular weight excluding hydrogens is 176 g/mol. The van der Waals surface area contributed by atoms with Crippen LogP contribution < -0.4 is 0 Å². The van der Waals surface area contributed by atoms with Crippen molar-refractivity contribution in [3.63, 3.8) is 0 Å². The molecule has 1 N–H and O–H groups in total. The normalized spacial score (nSPS) is 30.3. The molecule has 1 saturated carbocycles. The molecule has 1 aliphatic carbocycles.